The number of fused-ring (bicyclic) bond motifs is 1. The zero-order chi connectivity index (χ0) is 21.3. The molecule has 0 saturated carbocycles. The van der Waals surface area contributed by atoms with Gasteiger partial charge in [-0.3, -0.25) is 4.90 Å². The Morgan fingerprint density at radius 1 is 1.13 bits per heavy atom. The van der Waals surface area contributed by atoms with Crippen molar-refractivity contribution in [2.75, 3.05) is 25.0 Å². The number of imidazole rings is 1. The Bertz CT molecular complexity index is 1110. The second kappa shape index (κ2) is 8.81. The Hall–Kier alpha value is -2.32. The fourth-order valence-corrected chi connectivity index (χ4v) is 4.14. The maximum absolute atomic E-state index is 12.7. The number of H-pyrrole nitrogens is 1. The molecule has 0 atom stereocenters. The number of carbonyl (C=O) groups excluding carboxylic acids is 1. The number of rotatable bonds is 4. The van der Waals surface area contributed by atoms with Gasteiger partial charge in [0.15, 0.2) is 0 Å². The Morgan fingerprint density at radius 3 is 2.47 bits per heavy atom. The minimum Gasteiger partial charge on any atom is -0.330 e. The van der Waals surface area contributed by atoms with Gasteiger partial charge in [0.2, 0.25) is 0 Å². The first-order chi connectivity index (χ1) is 14.4. The molecule has 0 bridgehead atoms. The van der Waals surface area contributed by atoms with Gasteiger partial charge in [-0.2, -0.15) is 0 Å². The van der Waals surface area contributed by atoms with Crippen LogP contribution in [0, 0.1) is 5.92 Å². The van der Waals surface area contributed by atoms with E-state index in [2.05, 4.69) is 15.2 Å². The van der Waals surface area contributed by atoms with Crippen LogP contribution in [-0.2, 0) is 6.54 Å². The molecule has 1 aliphatic heterocycles. The monoisotopic (exact) mass is 447 g/mol. The number of nitrogens with one attached hydrogen (secondary N) is 2. The second-order valence-corrected chi connectivity index (χ2v) is 8.45. The Labute approximate surface area is 183 Å². The number of likely N-dealkylation sites (tertiary alicyclic amines) is 1. The molecule has 7 nitrogen and oxygen atoms in total. The van der Waals surface area contributed by atoms with E-state index in [9.17, 15) is 9.59 Å². The lowest BCUT2D eigenvalue weighted by molar-refractivity contribution is 0.180. The number of amides is 1. The van der Waals surface area contributed by atoms with E-state index < -0.39 is 11.7 Å². The second-order valence-electron chi connectivity index (χ2n) is 7.63. The van der Waals surface area contributed by atoms with E-state index in [1.54, 1.807) is 0 Å². The number of hydrogen-bond acceptors (Lipinski definition) is 4. The third-order valence-electron chi connectivity index (χ3n) is 5.58. The molecule has 3 aromatic rings. The fourth-order valence-electron chi connectivity index (χ4n) is 3.81. The lowest BCUT2D eigenvalue weighted by Gasteiger charge is -2.31. The number of benzene rings is 2. The van der Waals surface area contributed by atoms with Gasteiger partial charge in [-0.25, -0.2) is 14.2 Å². The molecule has 2 heterocycles. The van der Waals surface area contributed by atoms with Crippen LogP contribution in [0.2, 0.25) is 10.0 Å². The third kappa shape index (κ3) is 4.39. The van der Waals surface area contributed by atoms with Crippen LogP contribution in [0.4, 0.5) is 10.5 Å². The number of carbonyl (C=O) groups is 1. The summed E-state index contributed by atoms with van der Waals surface area (Å²) in [6, 6.07) is 10.1. The minimum absolute atomic E-state index is 0.268. The van der Waals surface area contributed by atoms with Crippen LogP contribution in [0.15, 0.2) is 41.2 Å². The average molecular weight is 448 g/mol. The van der Waals surface area contributed by atoms with Gasteiger partial charge in [0.1, 0.15) is 0 Å². The maximum atomic E-state index is 12.7. The van der Waals surface area contributed by atoms with Crippen molar-refractivity contribution in [3.63, 3.8) is 0 Å². The summed E-state index contributed by atoms with van der Waals surface area (Å²) in [6.07, 6.45) is 2.28. The van der Waals surface area contributed by atoms with E-state index in [0.29, 0.717) is 27.7 Å². The Balaban J connectivity index is 1.44. The number of aromatic amines is 1. The largest absolute Gasteiger partial charge is 0.334 e. The van der Waals surface area contributed by atoms with Crippen LogP contribution in [0.5, 0.6) is 0 Å². The molecule has 0 spiro atoms. The molecule has 2 aromatic carbocycles. The van der Waals surface area contributed by atoms with Gasteiger partial charge < -0.3 is 16.0 Å². The van der Waals surface area contributed by atoms with E-state index >= 15 is 0 Å². The van der Waals surface area contributed by atoms with Gasteiger partial charge in [-0.1, -0.05) is 35.3 Å². The highest BCUT2D eigenvalue weighted by atomic mass is 35.5. The summed E-state index contributed by atoms with van der Waals surface area (Å²) in [7, 11) is 0. The van der Waals surface area contributed by atoms with Gasteiger partial charge in [0, 0.05) is 12.2 Å². The molecule has 1 fully saturated rings. The van der Waals surface area contributed by atoms with Crippen molar-refractivity contribution in [1.82, 2.24) is 14.5 Å². The van der Waals surface area contributed by atoms with Crippen LogP contribution in [-0.4, -0.2) is 40.1 Å². The van der Waals surface area contributed by atoms with Crippen molar-refractivity contribution in [3.8, 4) is 0 Å². The molecule has 0 unspecified atom stereocenters. The van der Waals surface area contributed by atoms with E-state index in [0.717, 1.165) is 43.6 Å². The predicted molar refractivity (Wildman–Crippen MR) is 120 cm³/mol. The summed E-state index contributed by atoms with van der Waals surface area (Å²) in [5, 5.41) is 3.33. The number of aromatic nitrogens is 2. The maximum Gasteiger partial charge on any atom is 0.334 e. The summed E-state index contributed by atoms with van der Waals surface area (Å²) in [4.78, 5) is 30.0. The van der Waals surface area contributed by atoms with Crippen molar-refractivity contribution in [3.05, 3.63) is 62.5 Å². The van der Waals surface area contributed by atoms with Gasteiger partial charge in [0.25, 0.3) is 0 Å². The van der Waals surface area contributed by atoms with Gasteiger partial charge >= 0.3 is 11.7 Å². The molecule has 0 aliphatic carbocycles. The molecule has 4 rings (SSSR count). The topological polar surface area (TPSA) is 96.2 Å². The lowest BCUT2D eigenvalue weighted by Crippen LogP contribution is -2.35. The van der Waals surface area contributed by atoms with Crippen LogP contribution >= 0.6 is 23.2 Å². The number of halogens is 2. The van der Waals surface area contributed by atoms with E-state index in [-0.39, 0.29) is 5.02 Å². The molecule has 1 aliphatic rings. The minimum atomic E-state index is -0.568. The fraction of sp³-hybridized carbons (Fsp3) is 0.333. The van der Waals surface area contributed by atoms with Crippen molar-refractivity contribution in [2.24, 2.45) is 11.7 Å². The lowest BCUT2D eigenvalue weighted by atomic mass is 9.97. The molecule has 30 heavy (non-hydrogen) atoms. The van der Waals surface area contributed by atoms with Crippen LogP contribution in [0.3, 0.4) is 0 Å². The van der Waals surface area contributed by atoms with Crippen molar-refractivity contribution in [2.45, 2.75) is 19.4 Å². The zero-order valence-electron chi connectivity index (χ0n) is 16.3. The van der Waals surface area contributed by atoms with Crippen molar-refractivity contribution < 1.29 is 4.79 Å². The zero-order valence-corrected chi connectivity index (χ0v) is 17.8. The van der Waals surface area contributed by atoms with Crippen LogP contribution in [0.1, 0.15) is 18.4 Å². The van der Waals surface area contributed by atoms with Crippen LogP contribution < -0.4 is 16.7 Å². The molecule has 0 radical (unpaired) electrons. The highest BCUT2D eigenvalue weighted by Crippen LogP contribution is 2.26. The first-order valence-corrected chi connectivity index (χ1v) is 10.6. The first kappa shape index (κ1) is 20.9. The third-order valence-corrected chi connectivity index (χ3v) is 6.30. The highest BCUT2D eigenvalue weighted by Gasteiger charge is 2.18. The van der Waals surface area contributed by atoms with Gasteiger partial charge in [0.05, 0.1) is 21.1 Å². The van der Waals surface area contributed by atoms with Crippen molar-refractivity contribution in [1.29, 1.82) is 0 Å². The molecule has 1 amide bonds. The summed E-state index contributed by atoms with van der Waals surface area (Å²) in [5.74, 6) is 0.637. The predicted octanol–water partition coefficient (Wildman–Crippen LogP) is 3.89. The summed E-state index contributed by atoms with van der Waals surface area (Å²) < 4.78 is 1.01. The van der Waals surface area contributed by atoms with Crippen LogP contribution in [0.25, 0.3) is 11.0 Å². The molecule has 4 N–H and O–H groups in total. The summed E-state index contributed by atoms with van der Waals surface area (Å²) in [6.45, 7) is 3.74. The van der Waals surface area contributed by atoms with Gasteiger partial charge in [-0.05, 0) is 68.2 Å². The standard InChI is InChI=1S/C21H23Cl2N5O2/c22-16-9-18-19(10-17(16)23)28(21(30)26-18)20(29)25-15-3-1-14(2-4-15)12-27-7-5-13(11-24)6-8-27/h1-4,9-10,13H,5-8,11-12,24H2,(H,25,29)(H,26,30). The van der Waals surface area contributed by atoms with E-state index in [1.165, 1.54) is 17.7 Å². The van der Waals surface area contributed by atoms with E-state index in [4.69, 9.17) is 28.9 Å². The Morgan fingerprint density at radius 2 is 1.80 bits per heavy atom. The van der Waals surface area contributed by atoms with Gasteiger partial charge in [-0.15, -0.1) is 0 Å². The Kier molecular flexibility index (Phi) is 6.15. The average Bonchev–Trinajstić information content (AvgIpc) is 3.05. The highest BCUT2D eigenvalue weighted by molar-refractivity contribution is 6.42. The number of piperidine rings is 1. The summed E-state index contributed by atoms with van der Waals surface area (Å²) >= 11 is 12.0. The van der Waals surface area contributed by atoms with Crippen molar-refractivity contribution >= 4 is 46.0 Å². The summed E-state index contributed by atoms with van der Waals surface area (Å²) in [5.41, 5.74) is 7.78. The molecular formula is C21H23Cl2N5O2. The number of hydrogen-bond donors (Lipinski definition) is 3. The number of nitrogens with zero attached hydrogens (tertiary/aromatic N) is 2. The molecule has 158 valence electrons. The first-order valence-electron chi connectivity index (χ1n) is 9.87. The quantitative estimate of drug-likeness (QED) is 0.564. The molecule has 1 aromatic heterocycles. The van der Waals surface area contributed by atoms with E-state index in [1.807, 2.05) is 24.3 Å². The molecule has 1 saturated heterocycles. The smallest absolute Gasteiger partial charge is 0.330 e. The molecule has 9 heteroatoms. The number of nitrogens with two attached hydrogens (primary N) is 1. The normalized spacial score (nSPS) is 15.6. The SMILES string of the molecule is NCC1CCN(Cc2ccc(NC(=O)n3c(=O)[nH]c4cc(Cl)c(Cl)cc43)cc2)CC1. The molecular weight excluding hydrogens is 425 g/mol. The number of anilines is 1.